The number of halogens is 3. The molecule has 0 bridgehead atoms. The van der Waals surface area contributed by atoms with Gasteiger partial charge in [0, 0.05) is 27.8 Å². The Kier molecular flexibility index (Phi) is 5.94. The third-order valence-electron chi connectivity index (χ3n) is 1.71. The molecule has 102 valence electrons. The molecule has 0 spiro atoms. The van der Waals surface area contributed by atoms with Gasteiger partial charge in [0.25, 0.3) is 0 Å². The highest BCUT2D eigenvalue weighted by atomic mass is 32.2. The molecule has 17 heavy (non-hydrogen) atoms. The molecule has 0 saturated carbocycles. The van der Waals surface area contributed by atoms with Gasteiger partial charge >= 0.3 is 12.2 Å². The van der Waals surface area contributed by atoms with Gasteiger partial charge in [0.05, 0.1) is 0 Å². The number of carbonyl (C=O) groups is 1. The van der Waals surface area contributed by atoms with Crippen molar-refractivity contribution in [2.24, 2.45) is 0 Å². The molecule has 0 rings (SSSR count). The fourth-order valence-electron chi connectivity index (χ4n) is 0.806. The second-order valence-corrected chi connectivity index (χ2v) is 6.71. The van der Waals surface area contributed by atoms with Crippen LogP contribution in [0.2, 0.25) is 0 Å². The Bertz CT molecular complexity index is 287. The fraction of sp³-hybridized carbons (Fsp3) is 0.889. The minimum Gasteiger partial charge on any atom is -0.337 e. The number of hydrogen-bond acceptors (Lipinski definition) is 2. The summed E-state index contributed by atoms with van der Waals surface area (Å²) in [7, 11) is -1.14. The molecule has 0 aromatic rings. The first-order chi connectivity index (χ1) is 7.52. The summed E-state index contributed by atoms with van der Waals surface area (Å²) in [6, 6.07) is -0.909. The zero-order valence-corrected chi connectivity index (χ0v) is 10.8. The van der Waals surface area contributed by atoms with Gasteiger partial charge in [-0.1, -0.05) is 0 Å². The zero-order valence-electron chi connectivity index (χ0n) is 9.98. The van der Waals surface area contributed by atoms with Crippen LogP contribution < -0.4 is 10.6 Å². The second-order valence-electron chi connectivity index (χ2n) is 4.39. The summed E-state index contributed by atoms with van der Waals surface area (Å²) in [5.74, 6) is 0.211. The van der Waals surface area contributed by atoms with Crippen LogP contribution >= 0.6 is 0 Å². The van der Waals surface area contributed by atoms with E-state index in [9.17, 15) is 22.2 Å². The minimum absolute atomic E-state index is 0.0770. The van der Waals surface area contributed by atoms with E-state index in [0.717, 1.165) is 0 Å². The normalized spacial score (nSPS) is 14.2. The number of alkyl halides is 3. The summed E-state index contributed by atoms with van der Waals surface area (Å²) in [6.45, 7) is 4.06. The minimum atomic E-state index is -4.43. The van der Waals surface area contributed by atoms with Crippen LogP contribution in [0.15, 0.2) is 0 Å². The largest absolute Gasteiger partial charge is 0.405 e. The molecule has 0 unspecified atom stereocenters. The molecule has 4 nitrogen and oxygen atoms in total. The Morgan fingerprint density at radius 1 is 1.18 bits per heavy atom. The van der Waals surface area contributed by atoms with E-state index in [0.29, 0.717) is 0 Å². The van der Waals surface area contributed by atoms with Crippen LogP contribution in [0.1, 0.15) is 20.8 Å². The van der Waals surface area contributed by atoms with Crippen molar-refractivity contribution in [3.05, 3.63) is 0 Å². The lowest BCUT2D eigenvalue weighted by Crippen LogP contribution is -2.42. The summed E-state index contributed by atoms with van der Waals surface area (Å²) in [6.07, 6.45) is -4.43. The molecule has 1 atom stereocenters. The van der Waals surface area contributed by atoms with E-state index in [1.165, 1.54) is 0 Å². The maximum Gasteiger partial charge on any atom is 0.405 e. The van der Waals surface area contributed by atoms with Crippen molar-refractivity contribution >= 4 is 16.8 Å². The van der Waals surface area contributed by atoms with E-state index in [4.69, 9.17) is 0 Å². The summed E-state index contributed by atoms with van der Waals surface area (Å²) >= 11 is 0. The summed E-state index contributed by atoms with van der Waals surface area (Å²) in [4.78, 5) is 10.9. The Hall–Kier alpha value is -0.790. The fourth-order valence-corrected chi connectivity index (χ4v) is 1.71. The number of nitrogens with one attached hydrogen (secondary N) is 2. The molecule has 0 aliphatic carbocycles. The molecule has 0 aliphatic heterocycles. The van der Waals surface area contributed by atoms with Crippen molar-refractivity contribution < 1.29 is 22.2 Å². The van der Waals surface area contributed by atoms with Crippen LogP contribution in [0.3, 0.4) is 0 Å². The van der Waals surface area contributed by atoms with Gasteiger partial charge in [-0.05, 0) is 20.8 Å². The molecule has 0 radical (unpaired) electrons. The molecule has 0 aromatic carbocycles. The molecule has 0 fully saturated rings. The van der Waals surface area contributed by atoms with Crippen molar-refractivity contribution in [2.45, 2.75) is 31.7 Å². The van der Waals surface area contributed by atoms with Gasteiger partial charge in [-0.25, -0.2) is 4.79 Å². The lowest BCUT2D eigenvalue weighted by Gasteiger charge is -2.17. The maximum absolute atomic E-state index is 11.7. The number of hydrogen-bond donors (Lipinski definition) is 2. The highest BCUT2D eigenvalue weighted by Crippen LogP contribution is 2.12. The second kappa shape index (κ2) is 6.23. The molecule has 0 heterocycles. The lowest BCUT2D eigenvalue weighted by atomic mass is 10.3. The standard InChI is InChI=1S/C9H17F3N2O2S/c1-8(2,3)17(16)5-4-13-7(15)14-6-9(10,11)12/h4-6H2,1-3H3,(H2,13,14,15)/t17-/m0/s1. The molecule has 0 aliphatic rings. The molecular weight excluding hydrogens is 257 g/mol. The van der Waals surface area contributed by atoms with Crippen LogP contribution in [0.4, 0.5) is 18.0 Å². The monoisotopic (exact) mass is 274 g/mol. The van der Waals surface area contributed by atoms with E-state index in [1.807, 2.05) is 0 Å². The van der Waals surface area contributed by atoms with E-state index < -0.39 is 34.3 Å². The number of amides is 2. The van der Waals surface area contributed by atoms with Crippen LogP contribution in [0.25, 0.3) is 0 Å². The number of carbonyl (C=O) groups excluding carboxylic acids is 1. The van der Waals surface area contributed by atoms with Gasteiger partial charge in [0.15, 0.2) is 0 Å². The van der Waals surface area contributed by atoms with E-state index in [1.54, 1.807) is 26.1 Å². The predicted octanol–water partition coefficient (Wildman–Crippen LogP) is 1.40. The van der Waals surface area contributed by atoms with E-state index in [2.05, 4.69) is 5.32 Å². The first kappa shape index (κ1) is 16.2. The first-order valence-electron chi connectivity index (χ1n) is 4.99. The smallest absolute Gasteiger partial charge is 0.337 e. The average Bonchev–Trinajstić information content (AvgIpc) is 2.12. The summed E-state index contributed by atoms with van der Waals surface area (Å²) in [5, 5.41) is 3.88. The van der Waals surface area contributed by atoms with E-state index >= 15 is 0 Å². The molecule has 8 heteroatoms. The maximum atomic E-state index is 11.7. The molecule has 0 saturated heterocycles. The zero-order chi connectivity index (χ0) is 13.7. The van der Waals surface area contributed by atoms with Crippen molar-refractivity contribution in [1.29, 1.82) is 0 Å². The SMILES string of the molecule is CC(C)(C)[S@@](=O)CCNC(=O)NCC(F)(F)F. The van der Waals surface area contributed by atoms with Gasteiger partial charge in [-0.15, -0.1) is 0 Å². The first-order valence-corrected chi connectivity index (χ1v) is 6.31. The third kappa shape index (κ3) is 8.96. The van der Waals surface area contributed by atoms with Gasteiger partial charge in [0.1, 0.15) is 6.54 Å². The highest BCUT2D eigenvalue weighted by molar-refractivity contribution is 7.86. The summed E-state index contributed by atoms with van der Waals surface area (Å²) in [5.41, 5.74) is 0. The van der Waals surface area contributed by atoms with Crippen molar-refractivity contribution in [2.75, 3.05) is 18.8 Å². The third-order valence-corrected chi connectivity index (χ3v) is 3.65. The number of urea groups is 1. The molecular formula is C9H17F3N2O2S. The van der Waals surface area contributed by atoms with Crippen LogP contribution in [0, 0.1) is 0 Å². The van der Waals surface area contributed by atoms with Gasteiger partial charge in [-0.2, -0.15) is 13.2 Å². The van der Waals surface area contributed by atoms with Crippen molar-refractivity contribution in [3.63, 3.8) is 0 Å². The topological polar surface area (TPSA) is 58.2 Å². The molecule has 0 aromatic heterocycles. The average molecular weight is 274 g/mol. The van der Waals surface area contributed by atoms with Crippen LogP contribution in [0.5, 0.6) is 0 Å². The Morgan fingerprint density at radius 2 is 1.71 bits per heavy atom. The van der Waals surface area contributed by atoms with Crippen molar-refractivity contribution in [1.82, 2.24) is 10.6 Å². The van der Waals surface area contributed by atoms with Crippen LogP contribution in [-0.2, 0) is 10.8 Å². The van der Waals surface area contributed by atoms with Gasteiger partial charge in [-0.3, -0.25) is 4.21 Å². The van der Waals surface area contributed by atoms with Crippen molar-refractivity contribution in [3.8, 4) is 0 Å². The lowest BCUT2D eigenvalue weighted by molar-refractivity contribution is -0.122. The molecule has 2 amide bonds. The van der Waals surface area contributed by atoms with Gasteiger partial charge in [0.2, 0.25) is 0 Å². The van der Waals surface area contributed by atoms with E-state index in [-0.39, 0.29) is 12.3 Å². The Morgan fingerprint density at radius 3 is 2.12 bits per heavy atom. The predicted molar refractivity (Wildman–Crippen MR) is 60.2 cm³/mol. The molecule has 2 N–H and O–H groups in total. The quantitative estimate of drug-likeness (QED) is 0.814. The Balaban J connectivity index is 3.77. The number of rotatable bonds is 4. The van der Waals surface area contributed by atoms with Gasteiger partial charge < -0.3 is 10.6 Å². The Labute approximate surface area is 101 Å². The highest BCUT2D eigenvalue weighted by Gasteiger charge is 2.27. The van der Waals surface area contributed by atoms with Crippen LogP contribution in [-0.4, -0.2) is 40.0 Å². The summed E-state index contributed by atoms with van der Waals surface area (Å²) < 4.78 is 46.3.